The number of benzene rings is 1. The summed E-state index contributed by atoms with van der Waals surface area (Å²) in [5.41, 5.74) is 11.5. The molecule has 0 unspecified atom stereocenters. The van der Waals surface area contributed by atoms with Crippen molar-refractivity contribution in [3.8, 4) is 22.8 Å². The lowest BCUT2D eigenvalue weighted by Crippen LogP contribution is -2.45. The summed E-state index contributed by atoms with van der Waals surface area (Å²) in [4.78, 5) is 8.97. The van der Waals surface area contributed by atoms with E-state index in [9.17, 15) is 0 Å². The van der Waals surface area contributed by atoms with E-state index < -0.39 is 0 Å². The average Bonchev–Trinajstić information content (AvgIpc) is 2.98. The zero-order valence-electron chi connectivity index (χ0n) is 23.2. The van der Waals surface area contributed by atoms with Crippen LogP contribution in [0.4, 0.5) is 0 Å². The van der Waals surface area contributed by atoms with Gasteiger partial charge in [-0.15, -0.1) is 0 Å². The molecule has 0 radical (unpaired) electrons. The minimum Gasteiger partial charge on any atom is -0.255 e. The van der Waals surface area contributed by atoms with E-state index in [-0.39, 0.29) is 0 Å². The number of hydrogen-bond donors (Lipinski definition) is 0. The van der Waals surface area contributed by atoms with E-state index in [4.69, 9.17) is 0 Å². The monoisotopic (exact) mass is 522 g/mol. The quantitative estimate of drug-likeness (QED) is 0.230. The fourth-order valence-corrected chi connectivity index (χ4v) is 5.15. The molecule has 0 N–H and O–H groups in total. The van der Waals surface area contributed by atoms with Gasteiger partial charge < -0.3 is 0 Å². The topological polar surface area (TPSA) is 33.5 Å². The molecule has 0 bridgehead atoms. The van der Waals surface area contributed by atoms with E-state index in [0.29, 0.717) is 0 Å². The second kappa shape index (κ2) is 11.6. The molecule has 0 amide bonds. The van der Waals surface area contributed by atoms with Crippen molar-refractivity contribution in [3.05, 3.63) is 131 Å². The van der Waals surface area contributed by atoms with Crippen molar-refractivity contribution in [1.29, 1.82) is 0 Å². The minimum absolute atomic E-state index is 0.885. The van der Waals surface area contributed by atoms with E-state index in [1.54, 1.807) is 0 Å². The van der Waals surface area contributed by atoms with Crippen LogP contribution in [0.15, 0.2) is 97.6 Å². The molecule has 1 aliphatic heterocycles. The molecule has 0 fully saturated rings. The maximum absolute atomic E-state index is 4.50. The first kappa shape index (κ1) is 25.6. The van der Waals surface area contributed by atoms with Crippen molar-refractivity contribution in [3.63, 3.8) is 0 Å². The molecule has 1 aliphatic rings. The molecule has 0 saturated carbocycles. The molecule has 5 aromatic rings. The molecule has 196 valence electrons. The molecule has 40 heavy (non-hydrogen) atoms. The number of aromatic nitrogens is 4. The molecule has 4 heteroatoms. The van der Waals surface area contributed by atoms with E-state index in [1.165, 1.54) is 46.5 Å². The number of aryl methyl sites for hydroxylation is 4. The zero-order valence-corrected chi connectivity index (χ0v) is 23.2. The van der Waals surface area contributed by atoms with Gasteiger partial charge in [0.25, 0.3) is 11.4 Å². The molecular formula is C36H34N4+2. The normalized spacial score (nSPS) is 13.2. The summed E-state index contributed by atoms with van der Waals surface area (Å²) in [7, 11) is 0. The van der Waals surface area contributed by atoms with E-state index in [0.717, 1.165) is 35.6 Å². The maximum Gasteiger partial charge on any atom is 0.277 e. The molecule has 1 aromatic carbocycles. The Bertz CT molecular complexity index is 1710. The van der Waals surface area contributed by atoms with Crippen molar-refractivity contribution in [2.75, 3.05) is 0 Å². The first-order valence-electron chi connectivity index (χ1n) is 14.0. The van der Waals surface area contributed by atoms with Crippen molar-refractivity contribution in [1.82, 2.24) is 9.97 Å². The lowest BCUT2D eigenvalue weighted by molar-refractivity contribution is -0.725. The second-order valence-corrected chi connectivity index (χ2v) is 10.6. The molecule has 5 heterocycles. The molecule has 4 nitrogen and oxygen atoms in total. The number of nitrogens with zero attached hydrogens (tertiary/aromatic N) is 4. The van der Waals surface area contributed by atoms with Gasteiger partial charge in [-0.2, -0.15) is 9.13 Å². The van der Waals surface area contributed by atoms with Crippen molar-refractivity contribution in [2.24, 2.45) is 0 Å². The fourth-order valence-electron chi connectivity index (χ4n) is 5.15. The molecule has 4 aromatic heterocycles. The summed E-state index contributed by atoms with van der Waals surface area (Å²) in [6.45, 7) is 6.37. The second-order valence-electron chi connectivity index (χ2n) is 10.6. The average molecular weight is 523 g/mol. The van der Waals surface area contributed by atoms with Crippen LogP contribution in [0.3, 0.4) is 0 Å². The van der Waals surface area contributed by atoms with Crippen LogP contribution >= 0.6 is 0 Å². The summed E-state index contributed by atoms with van der Waals surface area (Å²) in [6, 6.07) is 25.9. The lowest BCUT2D eigenvalue weighted by Gasteiger charge is -2.10. The third kappa shape index (κ3) is 5.97. The van der Waals surface area contributed by atoms with E-state index in [2.05, 4.69) is 130 Å². The Morgan fingerprint density at radius 1 is 0.525 bits per heavy atom. The molecule has 0 atom stereocenters. The number of pyridine rings is 4. The predicted molar refractivity (Wildman–Crippen MR) is 163 cm³/mol. The fraction of sp³-hybridized carbons (Fsp3) is 0.167. The Kier molecular flexibility index (Phi) is 7.41. The van der Waals surface area contributed by atoms with Gasteiger partial charge in [-0.25, -0.2) is 0 Å². The van der Waals surface area contributed by atoms with Crippen LogP contribution in [0.1, 0.15) is 46.2 Å². The van der Waals surface area contributed by atoms with Crippen LogP contribution in [-0.4, -0.2) is 9.97 Å². The zero-order chi connectivity index (χ0) is 27.3. The summed E-state index contributed by atoms with van der Waals surface area (Å²) in [5, 5.41) is 0. The van der Waals surface area contributed by atoms with Crippen LogP contribution in [0, 0.1) is 13.8 Å². The van der Waals surface area contributed by atoms with Gasteiger partial charge in [0, 0.05) is 49.5 Å². The van der Waals surface area contributed by atoms with Crippen molar-refractivity contribution >= 4 is 24.3 Å². The van der Waals surface area contributed by atoms with Gasteiger partial charge in [-0.05, 0) is 71.5 Å². The number of rotatable bonds is 5. The first-order chi connectivity index (χ1) is 19.6. The summed E-state index contributed by atoms with van der Waals surface area (Å²) >= 11 is 0. The van der Waals surface area contributed by atoms with Crippen LogP contribution in [-0.2, 0) is 13.1 Å². The van der Waals surface area contributed by atoms with Gasteiger partial charge in [-0.3, -0.25) is 9.97 Å². The Morgan fingerprint density at radius 3 is 1.73 bits per heavy atom. The molecule has 6 rings (SSSR count). The standard InChI is InChI=1S/C36H34N4/c1-27-13-17-37-33(23-27)34-25-31(14-18-38-34)11-9-29-5-7-30(8-6-29)10-12-32-16-22-40-20-4-3-19-39-21-15-28(2)24-35(39)36(40)26-32/h5-18,21-26H,3-4,19-20H2,1-2H3/q+2/b11-9+,12-10+. The van der Waals surface area contributed by atoms with Gasteiger partial charge in [0.15, 0.2) is 12.4 Å². The predicted octanol–water partition coefficient (Wildman–Crippen LogP) is 7.14. The highest BCUT2D eigenvalue weighted by Gasteiger charge is 2.25. The highest BCUT2D eigenvalue weighted by molar-refractivity contribution is 5.74. The van der Waals surface area contributed by atoms with Crippen LogP contribution < -0.4 is 9.13 Å². The van der Waals surface area contributed by atoms with Gasteiger partial charge in [-0.1, -0.05) is 48.6 Å². The third-order valence-corrected chi connectivity index (χ3v) is 7.40. The summed E-state index contributed by atoms with van der Waals surface area (Å²) in [5.74, 6) is 0. The summed E-state index contributed by atoms with van der Waals surface area (Å²) < 4.78 is 4.79. The molecule has 0 saturated heterocycles. The highest BCUT2D eigenvalue weighted by Crippen LogP contribution is 2.20. The first-order valence-corrected chi connectivity index (χ1v) is 14.0. The van der Waals surface area contributed by atoms with Crippen LogP contribution in [0.25, 0.3) is 47.1 Å². The van der Waals surface area contributed by atoms with Crippen LogP contribution in [0.2, 0.25) is 0 Å². The minimum atomic E-state index is 0.885. The number of hydrogen-bond acceptors (Lipinski definition) is 2. The van der Waals surface area contributed by atoms with Crippen LogP contribution in [0.5, 0.6) is 0 Å². The lowest BCUT2D eigenvalue weighted by atomic mass is 10.1. The van der Waals surface area contributed by atoms with Crippen molar-refractivity contribution in [2.45, 2.75) is 39.8 Å². The van der Waals surface area contributed by atoms with Gasteiger partial charge in [0.05, 0.1) is 11.4 Å². The van der Waals surface area contributed by atoms with E-state index in [1.807, 2.05) is 24.5 Å². The number of fused-ring (bicyclic) bond motifs is 3. The Balaban J connectivity index is 1.18. The summed E-state index contributed by atoms with van der Waals surface area (Å²) in [6.07, 6.45) is 19.2. The highest BCUT2D eigenvalue weighted by atomic mass is 15.0. The smallest absolute Gasteiger partial charge is 0.255 e. The van der Waals surface area contributed by atoms with Gasteiger partial charge >= 0.3 is 0 Å². The Hall–Kier alpha value is -4.70. The largest absolute Gasteiger partial charge is 0.277 e. The Morgan fingerprint density at radius 2 is 1.05 bits per heavy atom. The SMILES string of the molecule is Cc1ccnc(-c2cc(/C=C/c3ccc(/C=C/c4cc[n+]5c(c4)-c4cc(C)cc[n+]4CCCC5)cc3)ccn2)c1. The third-order valence-electron chi connectivity index (χ3n) is 7.40. The molecule has 0 aliphatic carbocycles. The van der Waals surface area contributed by atoms with Gasteiger partial charge in [0.2, 0.25) is 0 Å². The van der Waals surface area contributed by atoms with E-state index >= 15 is 0 Å². The molecule has 0 spiro atoms. The maximum atomic E-state index is 4.50. The Labute approximate surface area is 236 Å². The van der Waals surface area contributed by atoms with Gasteiger partial charge in [0.1, 0.15) is 13.1 Å². The van der Waals surface area contributed by atoms with Crippen molar-refractivity contribution < 1.29 is 9.13 Å². The molecular weight excluding hydrogens is 488 g/mol.